The average molecular weight is 1280 g/mol. The summed E-state index contributed by atoms with van der Waals surface area (Å²) >= 11 is 0. The van der Waals surface area contributed by atoms with Gasteiger partial charge in [0.15, 0.2) is 37.4 Å². The fourth-order valence-electron chi connectivity index (χ4n) is 18.2. The lowest BCUT2D eigenvalue weighted by Crippen LogP contribution is -2.70. The smallest absolute Gasteiger partial charge is 0.317 e. The summed E-state index contributed by atoms with van der Waals surface area (Å²) in [6.45, 7) is 16.1. The minimum atomic E-state index is -2.02. The molecule has 9 fully saturated rings. The van der Waals surface area contributed by atoms with Crippen LogP contribution in [0.3, 0.4) is 0 Å². The molecule has 0 spiro atoms. The maximum Gasteiger partial charge on any atom is 0.317 e. The van der Waals surface area contributed by atoms with Gasteiger partial charge in [0, 0.05) is 12.3 Å². The summed E-state index contributed by atoms with van der Waals surface area (Å²) in [4.78, 5) is 28.2. The summed E-state index contributed by atoms with van der Waals surface area (Å²) < 4.78 is 65.7. The molecule has 4 saturated carbocycles. The zero-order valence-corrected chi connectivity index (χ0v) is 52.2. The van der Waals surface area contributed by atoms with E-state index in [4.69, 9.17) is 52.1 Å². The summed E-state index contributed by atoms with van der Waals surface area (Å²) in [5.74, 6) is -2.73. The number of allylic oxidation sites excluding steroid dienone is 2. The minimum Gasteiger partial charge on any atom is -0.457 e. The van der Waals surface area contributed by atoms with E-state index in [0.717, 1.165) is 12.5 Å². The number of aliphatic hydroxyl groups is 15. The van der Waals surface area contributed by atoms with Crippen LogP contribution in [0.2, 0.25) is 0 Å². The van der Waals surface area contributed by atoms with Crippen molar-refractivity contribution >= 4 is 11.9 Å². The molecule has 5 aliphatic carbocycles. The van der Waals surface area contributed by atoms with Crippen molar-refractivity contribution in [2.24, 2.45) is 50.2 Å². The van der Waals surface area contributed by atoms with E-state index in [1.165, 1.54) is 20.8 Å². The van der Waals surface area contributed by atoms with Gasteiger partial charge < -0.3 is 129 Å². The zero-order valence-electron chi connectivity index (χ0n) is 52.2. The quantitative estimate of drug-likeness (QED) is 0.0468. The number of carbonyl (C=O) groups is 2. The Labute approximate surface area is 516 Å². The van der Waals surface area contributed by atoms with Crippen LogP contribution < -0.4 is 0 Å². The first-order chi connectivity index (χ1) is 41.6. The molecule has 10 aliphatic rings. The van der Waals surface area contributed by atoms with Crippen molar-refractivity contribution in [3.63, 3.8) is 0 Å². The Morgan fingerprint density at radius 2 is 1.08 bits per heavy atom. The number of esters is 2. The maximum absolute atomic E-state index is 15.7. The molecule has 35 atom stereocenters. The van der Waals surface area contributed by atoms with E-state index in [2.05, 4.69) is 40.7 Å². The number of carbonyl (C=O) groups excluding carboxylic acids is 2. The van der Waals surface area contributed by atoms with E-state index < -0.39 is 230 Å². The molecular weight excluding hydrogens is 1180 g/mol. The molecule has 35 unspecified atom stereocenters. The minimum absolute atomic E-state index is 0.102. The normalized spacial score (nSPS) is 54.8. The molecule has 5 saturated heterocycles. The molecule has 89 heavy (non-hydrogen) atoms. The second kappa shape index (κ2) is 25.4. The summed E-state index contributed by atoms with van der Waals surface area (Å²) in [6, 6.07) is 0. The molecule has 0 aromatic heterocycles. The standard InChI is InChI=1S/C61H98O28/c1-23-35(68)37(70)40(73)50(79-23)86-47-31(21-63)84-53(44(47)77)85-45-24(2)80-51(42(75)39(45)72)87-48-43(76)46(82-26(4)65)25(3)81-54(48)89-55(78)61-16-15-56(5,6)17-28(61)27-11-12-33-57(7)18-29(66)49(88-52-41(74)38(71)36(69)30(20-62)83-52)58(8,22-64)32(57)13-14-59(33,9)60(27,10)19-34(61)67/h11,23-25,28-54,62-64,66-77H,12-22H2,1-10H3. The number of ether oxygens (including phenoxy) is 11. The highest BCUT2D eigenvalue weighted by atomic mass is 16.8. The van der Waals surface area contributed by atoms with Crippen LogP contribution >= 0.6 is 0 Å². The number of aliphatic hydroxyl groups excluding tert-OH is 15. The van der Waals surface area contributed by atoms with Crippen LogP contribution in [-0.2, 0) is 61.7 Å². The number of hydrogen-bond donors (Lipinski definition) is 15. The Bertz CT molecular complexity index is 2540. The van der Waals surface area contributed by atoms with E-state index in [-0.39, 0.29) is 36.5 Å². The number of fused-ring (bicyclic) bond motifs is 7. The van der Waals surface area contributed by atoms with Gasteiger partial charge >= 0.3 is 11.9 Å². The maximum atomic E-state index is 15.7. The molecule has 0 aromatic rings. The van der Waals surface area contributed by atoms with E-state index in [0.29, 0.717) is 32.1 Å². The van der Waals surface area contributed by atoms with Crippen LogP contribution in [0, 0.1) is 50.2 Å². The van der Waals surface area contributed by atoms with Crippen LogP contribution in [0.5, 0.6) is 0 Å². The molecule has 0 radical (unpaired) electrons. The molecule has 5 aliphatic heterocycles. The molecule has 5 heterocycles. The lowest BCUT2D eigenvalue weighted by Gasteiger charge is -2.72. The summed E-state index contributed by atoms with van der Waals surface area (Å²) in [5.41, 5.74) is -4.14. The third-order valence-electron chi connectivity index (χ3n) is 23.5. The van der Waals surface area contributed by atoms with Gasteiger partial charge in [-0.2, -0.15) is 0 Å². The van der Waals surface area contributed by atoms with Gasteiger partial charge in [-0.15, -0.1) is 0 Å². The fourth-order valence-corrected chi connectivity index (χ4v) is 18.2. The highest BCUT2D eigenvalue weighted by Crippen LogP contribution is 2.76. The Morgan fingerprint density at radius 3 is 1.71 bits per heavy atom. The highest BCUT2D eigenvalue weighted by molar-refractivity contribution is 5.80. The highest BCUT2D eigenvalue weighted by Gasteiger charge is 2.73. The summed E-state index contributed by atoms with van der Waals surface area (Å²) in [7, 11) is 0. The van der Waals surface area contributed by atoms with Crippen LogP contribution in [-0.4, -0.2) is 274 Å². The van der Waals surface area contributed by atoms with Crippen LogP contribution in [0.15, 0.2) is 11.6 Å². The van der Waals surface area contributed by atoms with E-state index >= 15 is 4.79 Å². The Hall–Kier alpha value is -2.28. The monoisotopic (exact) mass is 1280 g/mol. The first-order valence-corrected chi connectivity index (χ1v) is 31.6. The lowest BCUT2D eigenvalue weighted by atomic mass is 9.33. The van der Waals surface area contributed by atoms with Gasteiger partial charge in [-0.3, -0.25) is 9.59 Å². The topological polar surface area (TPSA) is 439 Å². The van der Waals surface area contributed by atoms with Crippen molar-refractivity contribution in [1.29, 1.82) is 0 Å². The van der Waals surface area contributed by atoms with Gasteiger partial charge in [-0.1, -0.05) is 53.2 Å². The largest absolute Gasteiger partial charge is 0.457 e. The van der Waals surface area contributed by atoms with Crippen molar-refractivity contribution < 1.29 is 138 Å². The molecule has 0 bridgehead atoms. The second-order valence-electron chi connectivity index (χ2n) is 29.2. The molecule has 10 rings (SSSR count). The molecule has 0 aromatic carbocycles. The van der Waals surface area contributed by atoms with E-state index in [9.17, 15) is 81.4 Å². The Morgan fingerprint density at radius 1 is 0.528 bits per heavy atom. The van der Waals surface area contributed by atoms with Crippen molar-refractivity contribution in [2.45, 2.75) is 286 Å². The Balaban J connectivity index is 0.886. The molecular formula is C61H98O28. The predicted octanol–water partition coefficient (Wildman–Crippen LogP) is -3.00. The summed E-state index contributed by atoms with van der Waals surface area (Å²) in [6.07, 6.45) is -36.6. The van der Waals surface area contributed by atoms with Crippen LogP contribution in [0.25, 0.3) is 0 Å². The number of hydrogen-bond acceptors (Lipinski definition) is 28. The van der Waals surface area contributed by atoms with Gasteiger partial charge in [-0.25, -0.2) is 0 Å². The molecule has 28 heteroatoms. The third-order valence-corrected chi connectivity index (χ3v) is 23.5. The van der Waals surface area contributed by atoms with Gasteiger partial charge in [0.2, 0.25) is 6.29 Å². The van der Waals surface area contributed by atoms with Crippen LogP contribution in [0.1, 0.15) is 121 Å². The SMILES string of the molecule is CC(=O)OC1C(C)OC(OC(=O)C23CCC(C)(C)CC2C2=CCC4C5(C)CC(O)C(OC6OC(CO)C(O)C(O)C6O)C(C)(CO)C5CCC4(C)C2(C)CC3O)C(OC2OC(C)C(OC3OC(CO)C(OC4OC(C)C(O)C(O)C4O)C3O)C(O)C2O)C1O. The average Bonchev–Trinajstić information content (AvgIpc) is 0.957. The predicted molar refractivity (Wildman–Crippen MR) is 299 cm³/mol. The molecule has 510 valence electrons. The van der Waals surface area contributed by atoms with Gasteiger partial charge in [-0.05, 0) is 112 Å². The van der Waals surface area contributed by atoms with Crippen molar-refractivity contribution in [1.82, 2.24) is 0 Å². The number of rotatable bonds is 14. The fraction of sp³-hybridized carbons (Fsp3) is 0.934. The first-order valence-electron chi connectivity index (χ1n) is 31.6. The molecule has 28 nitrogen and oxygen atoms in total. The summed E-state index contributed by atoms with van der Waals surface area (Å²) in [5, 5.41) is 167. The molecule has 15 N–H and O–H groups in total. The van der Waals surface area contributed by atoms with Crippen LogP contribution in [0.4, 0.5) is 0 Å². The second-order valence-corrected chi connectivity index (χ2v) is 29.2. The Kier molecular flexibility index (Phi) is 19.8. The van der Waals surface area contributed by atoms with Gasteiger partial charge in [0.25, 0.3) is 0 Å². The van der Waals surface area contributed by atoms with Gasteiger partial charge in [0.1, 0.15) is 90.9 Å². The van der Waals surface area contributed by atoms with Crippen molar-refractivity contribution in [3.8, 4) is 0 Å². The first kappa shape index (κ1) is 69.5. The third kappa shape index (κ3) is 11.5. The van der Waals surface area contributed by atoms with Crippen molar-refractivity contribution in [2.75, 3.05) is 19.8 Å². The van der Waals surface area contributed by atoms with E-state index in [1.807, 2.05) is 6.92 Å². The lowest BCUT2D eigenvalue weighted by molar-refractivity contribution is -0.367. The van der Waals surface area contributed by atoms with Gasteiger partial charge in [0.05, 0.1) is 56.4 Å². The molecule has 0 amide bonds. The van der Waals surface area contributed by atoms with Crippen molar-refractivity contribution in [3.05, 3.63) is 11.6 Å². The van der Waals surface area contributed by atoms with E-state index in [1.54, 1.807) is 0 Å². The zero-order chi connectivity index (χ0) is 65.3.